The summed E-state index contributed by atoms with van der Waals surface area (Å²) in [6, 6.07) is 0. The Morgan fingerprint density at radius 1 is 1.45 bits per heavy atom. The average Bonchev–Trinajstić information content (AvgIpc) is 3.03. The molecule has 0 bridgehead atoms. The van der Waals surface area contributed by atoms with E-state index in [9.17, 15) is 4.79 Å². The summed E-state index contributed by atoms with van der Waals surface area (Å²) in [5.74, 6) is -0.264. The Kier molecular flexibility index (Phi) is 2.89. The Balaban J connectivity index is 1.94. The normalized spacial score (nSPS) is 20.6. The van der Waals surface area contributed by atoms with Gasteiger partial charge in [0, 0.05) is 11.9 Å². The van der Waals surface area contributed by atoms with Crippen molar-refractivity contribution < 1.29 is 4.79 Å². The number of hydrogen-bond donors (Lipinski definition) is 1. The van der Waals surface area contributed by atoms with Gasteiger partial charge >= 0.3 is 0 Å². The fourth-order valence-electron chi connectivity index (χ4n) is 3.56. The van der Waals surface area contributed by atoms with Gasteiger partial charge in [-0.05, 0) is 49.0 Å². The molecule has 1 unspecified atom stereocenters. The minimum Gasteiger partial charge on any atom is -0.325 e. The van der Waals surface area contributed by atoms with Crippen LogP contribution < -0.4 is 5.32 Å². The molecule has 2 aromatic heterocycles. The minimum absolute atomic E-state index is 0.0239. The maximum Gasteiger partial charge on any atom is 0.237 e. The largest absolute Gasteiger partial charge is 0.325 e. The fourth-order valence-corrected chi connectivity index (χ4v) is 3.56. The van der Waals surface area contributed by atoms with Gasteiger partial charge in [-0.15, -0.1) is 0 Å². The quantitative estimate of drug-likeness (QED) is 0.925. The first-order chi connectivity index (χ1) is 10.7. The number of carbonyl (C=O) groups excluding carboxylic acids is 1. The molecule has 1 aliphatic heterocycles. The van der Waals surface area contributed by atoms with E-state index in [1.54, 1.807) is 6.33 Å². The molecule has 1 atom stereocenters. The van der Waals surface area contributed by atoms with Crippen molar-refractivity contribution in [3.63, 3.8) is 0 Å². The lowest BCUT2D eigenvalue weighted by Crippen LogP contribution is -2.21. The van der Waals surface area contributed by atoms with Crippen molar-refractivity contribution in [1.29, 1.82) is 0 Å². The number of nitrogens with one attached hydrogen (secondary N) is 1. The van der Waals surface area contributed by atoms with E-state index < -0.39 is 0 Å². The molecular formula is C17H18N4O. The molecule has 5 nitrogen and oxygen atoms in total. The molecule has 0 spiro atoms. The number of carbonyl (C=O) groups is 1. The first kappa shape index (κ1) is 13.2. The highest BCUT2D eigenvalue weighted by Crippen LogP contribution is 2.38. The predicted molar refractivity (Wildman–Crippen MR) is 83.4 cm³/mol. The third-order valence-corrected chi connectivity index (χ3v) is 4.69. The van der Waals surface area contributed by atoms with Crippen LogP contribution in [0.2, 0.25) is 0 Å². The molecule has 1 aliphatic carbocycles. The zero-order valence-electron chi connectivity index (χ0n) is 12.8. The monoisotopic (exact) mass is 294 g/mol. The van der Waals surface area contributed by atoms with Gasteiger partial charge in [0.05, 0.1) is 11.2 Å². The van der Waals surface area contributed by atoms with E-state index in [0.29, 0.717) is 0 Å². The molecule has 0 saturated carbocycles. The number of fused-ring (bicyclic) bond motifs is 1. The van der Waals surface area contributed by atoms with E-state index in [0.717, 1.165) is 41.7 Å². The Labute approximate surface area is 128 Å². The van der Waals surface area contributed by atoms with Crippen LogP contribution in [0.3, 0.4) is 0 Å². The second kappa shape index (κ2) is 4.80. The molecule has 0 aromatic carbocycles. The van der Waals surface area contributed by atoms with E-state index in [-0.39, 0.29) is 11.8 Å². The molecule has 2 aromatic rings. The van der Waals surface area contributed by atoms with Crippen LogP contribution in [0.25, 0.3) is 5.52 Å². The summed E-state index contributed by atoms with van der Waals surface area (Å²) in [6.07, 6.45) is 10.5. The summed E-state index contributed by atoms with van der Waals surface area (Å²) in [7, 11) is 0. The van der Waals surface area contributed by atoms with Crippen LogP contribution in [-0.4, -0.2) is 20.5 Å². The number of hydrogen-bond acceptors (Lipinski definition) is 3. The Morgan fingerprint density at radius 3 is 3.14 bits per heavy atom. The second-order valence-corrected chi connectivity index (χ2v) is 5.87. The lowest BCUT2D eigenvalue weighted by molar-refractivity contribution is -0.120. The zero-order valence-corrected chi connectivity index (χ0v) is 12.8. The molecule has 4 rings (SSSR count). The van der Waals surface area contributed by atoms with Gasteiger partial charge in [-0.3, -0.25) is 4.79 Å². The van der Waals surface area contributed by atoms with Crippen LogP contribution in [0.5, 0.6) is 0 Å². The van der Waals surface area contributed by atoms with Gasteiger partial charge in [0.1, 0.15) is 12.2 Å². The fraction of sp³-hybridized carbons (Fsp3) is 0.353. The SMILES string of the molecule is CCc1cn2ncnc(C3C(=O)NC4=C3CCC=C4)c2c1C. The van der Waals surface area contributed by atoms with Gasteiger partial charge in [0.25, 0.3) is 0 Å². The summed E-state index contributed by atoms with van der Waals surface area (Å²) < 4.78 is 1.86. The maximum atomic E-state index is 12.5. The highest BCUT2D eigenvalue weighted by molar-refractivity contribution is 5.94. The van der Waals surface area contributed by atoms with Gasteiger partial charge in [0.15, 0.2) is 0 Å². The topological polar surface area (TPSA) is 59.3 Å². The van der Waals surface area contributed by atoms with E-state index in [2.05, 4.69) is 35.3 Å². The summed E-state index contributed by atoms with van der Waals surface area (Å²) >= 11 is 0. The number of allylic oxidation sites excluding steroid dienone is 2. The molecule has 22 heavy (non-hydrogen) atoms. The van der Waals surface area contributed by atoms with Crippen molar-refractivity contribution in [2.75, 3.05) is 0 Å². The lowest BCUT2D eigenvalue weighted by Gasteiger charge is -2.14. The van der Waals surface area contributed by atoms with Gasteiger partial charge in [-0.2, -0.15) is 5.10 Å². The van der Waals surface area contributed by atoms with Crippen molar-refractivity contribution in [3.8, 4) is 0 Å². The van der Waals surface area contributed by atoms with Crippen molar-refractivity contribution in [1.82, 2.24) is 19.9 Å². The zero-order chi connectivity index (χ0) is 15.3. The number of amides is 1. The van der Waals surface area contributed by atoms with Crippen LogP contribution in [0.1, 0.15) is 42.5 Å². The average molecular weight is 294 g/mol. The molecule has 112 valence electrons. The Hall–Kier alpha value is -2.43. The number of nitrogens with zero attached hydrogens (tertiary/aromatic N) is 3. The highest BCUT2D eigenvalue weighted by atomic mass is 16.2. The molecule has 0 radical (unpaired) electrons. The number of rotatable bonds is 2. The highest BCUT2D eigenvalue weighted by Gasteiger charge is 2.36. The third kappa shape index (κ3) is 1.75. The molecule has 0 fully saturated rings. The van der Waals surface area contributed by atoms with Crippen LogP contribution >= 0.6 is 0 Å². The number of aryl methyl sites for hydroxylation is 2. The molecule has 5 heteroatoms. The lowest BCUT2D eigenvalue weighted by atomic mass is 9.89. The van der Waals surface area contributed by atoms with Crippen LogP contribution in [0, 0.1) is 6.92 Å². The van der Waals surface area contributed by atoms with Gasteiger partial charge in [0.2, 0.25) is 5.91 Å². The Bertz CT molecular complexity index is 844. The first-order valence-electron chi connectivity index (χ1n) is 7.73. The minimum atomic E-state index is -0.288. The third-order valence-electron chi connectivity index (χ3n) is 4.69. The summed E-state index contributed by atoms with van der Waals surface area (Å²) in [6.45, 7) is 4.22. The van der Waals surface area contributed by atoms with Gasteiger partial charge in [-0.25, -0.2) is 9.50 Å². The summed E-state index contributed by atoms with van der Waals surface area (Å²) in [5, 5.41) is 7.31. The second-order valence-electron chi connectivity index (χ2n) is 5.87. The smallest absolute Gasteiger partial charge is 0.237 e. The number of aromatic nitrogens is 3. The standard InChI is InChI=1S/C17H18N4O/c1-3-11-8-21-16(10(11)2)15(18-9-19-21)14-12-6-4-5-7-13(12)20-17(14)22/h5,7-9,14H,3-4,6H2,1-2H3,(H,20,22). The molecule has 0 saturated heterocycles. The molecule has 1 N–H and O–H groups in total. The van der Waals surface area contributed by atoms with Crippen LogP contribution in [0.15, 0.2) is 35.9 Å². The molecule has 1 amide bonds. The van der Waals surface area contributed by atoms with Crippen LogP contribution in [0.4, 0.5) is 0 Å². The Morgan fingerprint density at radius 2 is 2.32 bits per heavy atom. The molecule has 3 heterocycles. The van der Waals surface area contributed by atoms with E-state index in [1.165, 1.54) is 11.1 Å². The van der Waals surface area contributed by atoms with Crippen molar-refractivity contribution in [2.24, 2.45) is 0 Å². The maximum absolute atomic E-state index is 12.5. The summed E-state index contributed by atoms with van der Waals surface area (Å²) in [5.41, 5.74) is 6.33. The van der Waals surface area contributed by atoms with Crippen molar-refractivity contribution in [2.45, 2.75) is 39.0 Å². The van der Waals surface area contributed by atoms with Crippen molar-refractivity contribution in [3.05, 3.63) is 52.8 Å². The predicted octanol–water partition coefficient (Wildman–Crippen LogP) is 2.42. The van der Waals surface area contributed by atoms with E-state index in [4.69, 9.17) is 0 Å². The summed E-state index contributed by atoms with van der Waals surface area (Å²) in [4.78, 5) is 17.0. The van der Waals surface area contributed by atoms with Crippen molar-refractivity contribution >= 4 is 11.4 Å². The molecular weight excluding hydrogens is 276 g/mol. The van der Waals surface area contributed by atoms with E-state index in [1.807, 2.05) is 16.8 Å². The first-order valence-corrected chi connectivity index (χ1v) is 7.73. The van der Waals surface area contributed by atoms with E-state index >= 15 is 0 Å². The van der Waals surface area contributed by atoms with Gasteiger partial charge < -0.3 is 5.32 Å². The van der Waals surface area contributed by atoms with Gasteiger partial charge in [-0.1, -0.05) is 13.0 Å². The molecule has 2 aliphatic rings. The van der Waals surface area contributed by atoms with Crippen LogP contribution in [-0.2, 0) is 11.2 Å².